The first-order valence-electron chi connectivity index (χ1n) is 5.87. The molecular formula is C15H9I2NO2. The quantitative estimate of drug-likeness (QED) is 0.290. The van der Waals surface area contributed by atoms with Crippen LogP contribution in [0.4, 0.5) is 0 Å². The zero-order valence-electron chi connectivity index (χ0n) is 10.5. The van der Waals surface area contributed by atoms with Crippen LogP contribution in [0.15, 0.2) is 36.4 Å². The molecule has 0 atom stereocenters. The number of fused-ring (bicyclic) bond motifs is 2. The minimum atomic E-state index is -0.327. The highest BCUT2D eigenvalue weighted by atomic mass is 127. The zero-order valence-corrected chi connectivity index (χ0v) is 14.8. The molecule has 5 heteroatoms. The van der Waals surface area contributed by atoms with E-state index in [4.69, 9.17) is 4.74 Å². The summed E-state index contributed by atoms with van der Waals surface area (Å²) in [7, 11) is 1.41. The van der Waals surface area contributed by atoms with Crippen LogP contribution in [-0.4, -0.2) is 18.1 Å². The average molecular weight is 489 g/mol. The molecule has 1 heterocycles. The predicted molar refractivity (Wildman–Crippen MR) is 96.0 cm³/mol. The molecule has 0 spiro atoms. The highest BCUT2D eigenvalue weighted by molar-refractivity contribution is 14.1. The van der Waals surface area contributed by atoms with Gasteiger partial charge in [0.2, 0.25) is 0 Å². The van der Waals surface area contributed by atoms with Gasteiger partial charge in [0, 0.05) is 17.9 Å². The van der Waals surface area contributed by atoms with Gasteiger partial charge in [-0.2, -0.15) is 0 Å². The maximum atomic E-state index is 12.2. The lowest BCUT2D eigenvalue weighted by molar-refractivity contribution is 0.0605. The fourth-order valence-corrected chi connectivity index (χ4v) is 3.19. The highest BCUT2D eigenvalue weighted by Gasteiger charge is 2.17. The van der Waals surface area contributed by atoms with E-state index in [0.717, 1.165) is 28.9 Å². The first-order valence-corrected chi connectivity index (χ1v) is 8.03. The molecule has 0 N–H and O–H groups in total. The Balaban J connectivity index is 2.54. The Kier molecular flexibility index (Phi) is 3.80. The SMILES string of the molecule is COC(=O)c1c2cc(I)ccc2nc2ccc(I)cc12. The van der Waals surface area contributed by atoms with Crippen molar-refractivity contribution in [1.29, 1.82) is 0 Å². The monoisotopic (exact) mass is 489 g/mol. The fourth-order valence-electron chi connectivity index (χ4n) is 2.21. The van der Waals surface area contributed by atoms with Gasteiger partial charge in [-0.3, -0.25) is 0 Å². The molecule has 1 aromatic heterocycles. The van der Waals surface area contributed by atoms with E-state index >= 15 is 0 Å². The molecule has 3 rings (SSSR count). The lowest BCUT2D eigenvalue weighted by atomic mass is 10.0. The van der Waals surface area contributed by atoms with E-state index in [0.29, 0.717) is 5.56 Å². The molecule has 0 saturated heterocycles. The van der Waals surface area contributed by atoms with Gasteiger partial charge in [-0.1, -0.05) is 0 Å². The van der Waals surface area contributed by atoms with Crippen molar-refractivity contribution in [3.05, 3.63) is 49.1 Å². The van der Waals surface area contributed by atoms with Gasteiger partial charge < -0.3 is 4.74 Å². The van der Waals surface area contributed by atoms with E-state index in [2.05, 4.69) is 50.2 Å². The van der Waals surface area contributed by atoms with Gasteiger partial charge in [0.05, 0.1) is 23.7 Å². The molecule has 0 saturated carbocycles. The normalized spacial score (nSPS) is 10.9. The van der Waals surface area contributed by atoms with Crippen molar-refractivity contribution < 1.29 is 9.53 Å². The number of carbonyl (C=O) groups excluding carboxylic acids is 1. The number of rotatable bonds is 1. The number of aromatic nitrogens is 1. The predicted octanol–water partition coefficient (Wildman–Crippen LogP) is 4.38. The molecule has 2 aromatic carbocycles. The van der Waals surface area contributed by atoms with Crippen molar-refractivity contribution in [2.45, 2.75) is 0 Å². The van der Waals surface area contributed by atoms with Gasteiger partial charge in [-0.05, 0) is 81.6 Å². The summed E-state index contributed by atoms with van der Waals surface area (Å²) in [5.41, 5.74) is 2.20. The summed E-state index contributed by atoms with van der Waals surface area (Å²) in [5.74, 6) is -0.327. The number of hydrogen-bond donors (Lipinski definition) is 0. The van der Waals surface area contributed by atoms with Crippen LogP contribution >= 0.6 is 45.2 Å². The Bertz CT molecular complexity index is 786. The second-order valence-electron chi connectivity index (χ2n) is 4.30. The van der Waals surface area contributed by atoms with Crippen molar-refractivity contribution in [2.24, 2.45) is 0 Å². The molecule has 0 aliphatic rings. The molecule has 0 radical (unpaired) electrons. The van der Waals surface area contributed by atoms with E-state index in [-0.39, 0.29) is 5.97 Å². The van der Waals surface area contributed by atoms with Gasteiger partial charge in [0.15, 0.2) is 0 Å². The molecule has 100 valence electrons. The maximum Gasteiger partial charge on any atom is 0.339 e. The molecule has 0 aliphatic heterocycles. The summed E-state index contributed by atoms with van der Waals surface area (Å²) in [6.45, 7) is 0. The summed E-state index contributed by atoms with van der Waals surface area (Å²) >= 11 is 4.46. The topological polar surface area (TPSA) is 39.2 Å². The average Bonchev–Trinajstić information content (AvgIpc) is 2.44. The van der Waals surface area contributed by atoms with Crippen LogP contribution in [0.1, 0.15) is 10.4 Å². The van der Waals surface area contributed by atoms with Crippen LogP contribution in [0.3, 0.4) is 0 Å². The maximum absolute atomic E-state index is 12.2. The highest BCUT2D eigenvalue weighted by Crippen LogP contribution is 2.29. The minimum Gasteiger partial charge on any atom is -0.465 e. The Labute approximate surface area is 143 Å². The van der Waals surface area contributed by atoms with Crippen molar-refractivity contribution in [1.82, 2.24) is 4.98 Å². The second-order valence-corrected chi connectivity index (χ2v) is 6.79. The van der Waals surface area contributed by atoms with Crippen molar-refractivity contribution in [3.8, 4) is 0 Å². The summed E-state index contributed by atoms with van der Waals surface area (Å²) in [4.78, 5) is 16.8. The van der Waals surface area contributed by atoms with Gasteiger partial charge >= 0.3 is 5.97 Å². The van der Waals surface area contributed by atoms with E-state index in [1.165, 1.54) is 7.11 Å². The molecule has 0 aliphatic carbocycles. The summed E-state index contributed by atoms with van der Waals surface area (Å²) < 4.78 is 7.08. The molecule has 3 aromatic rings. The van der Waals surface area contributed by atoms with Gasteiger partial charge in [0.1, 0.15) is 0 Å². The van der Waals surface area contributed by atoms with Gasteiger partial charge in [0.25, 0.3) is 0 Å². The third-order valence-electron chi connectivity index (χ3n) is 3.09. The van der Waals surface area contributed by atoms with Crippen LogP contribution in [0.2, 0.25) is 0 Å². The Hall–Kier alpha value is -0.960. The number of esters is 1. The molecule has 20 heavy (non-hydrogen) atoms. The van der Waals surface area contributed by atoms with Crippen LogP contribution in [0.25, 0.3) is 21.8 Å². The number of hydrogen-bond acceptors (Lipinski definition) is 3. The lowest BCUT2D eigenvalue weighted by Gasteiger charge is -2.10. The minimum absolute atomic E-state index is 0.327. The number of methoxy groups -OCH3 is 1. The zero-order chi connectivity index (χ0) is 14.3. The van der Waals surface area contributed by atoms with Crippen LogP contribution in [0, 0.1) is 7.14 Å². The third-order valence-corrected chi connectivity index (χ3v) is 4.43. The summed E-state index contributed by atoms with van der Waals surface area (Å²) in [6.07, 6.45) is 0. The number of carbonyl (C=O) groups is 1. The van der Waals surface area contributed by atoms with E-state index in [1.54, 1.807) is 0 Å². The van der Waals surface area contributed by atoms with Crippen molar-refractivity contribution in [3.63, 3.8) is 0 Å². The van der Waals surface area contributed by atoms with Crippen LogP contribution < -0.4 is 0 Å². The molecule has 0 fully saturated rings. The molecule has 0 amide bonds. The molecule has 0 bridgehead atoms. The van der Waals surface area contributed by atoms with Crippen molar-refractivity contribution >= 4 is 73.0 Å². The number of nitrogens with zero attached hydrogens (tertiary/aromatic N) is 1. The Morgan fingerprint density at radius 1 is 1.00 bits per heavy atom. The first kappa shape index (κ1) is 14.0. The van der Waals surface area contributed by atoms with E-state index < -0.39 is 0 Å². The third kappa shape index (κ3) is 2.37. The second kappa shape index (κ2) is 5.44. The standard InChI is InChI=1S/C15H9I2NO2/c1-20-15(19)14-10-6-8(16)2-4-12(10)18-13-5-3-9(17)7-11(13)14/h2-7H,1H3. The largest absolute Gasteiger partial charge is 0.465 e. The lowest BCUT2D eigenvalue weighted by Crippen LogP contribution is -2.04. The number of halogens is 2. The van der Waals surface area contributed by atoms with Crippen LogP contribution in [-0.2, 0) is 4.74 Å². The van der Waals surface area contributed by atoms with Gasteiger partial charge in [-0.15, -0.1) is 0 Å². The number of pyridine rings is 1. The smallest absolute Gasteiger partial charge is 0.339 e. The Morgan fingerprint density at radius 2 is 1.50 bits per heavy atom. The van der Waals surface area contributed by atoms with E-state index in [9.17, 15) is 4.79 Å². The number of ether oxygens (including phenoxy) is 1. The fraction of sp³-hybridized carbons (Fsp3) is 0.0667. The summed E-state index contributed by atoms with van der Waals surface area (Å²) in [5, 5.41) is 1.66. The van der Waals surface area contributed by atoms with Crippen molar-refractivity contribution in [2.75, 3.05) is 7.11 Å². The molecule has 3 nitrogen and oxygen atoms in total. The van der Waals surface area contributed by atoms with Crippen LogP contribution in [0.5, 0.6) is 0 Å². The number of benzene rings is 2. The molecular weight excluding hydrogens is 480 g/mol. The van der Waals surface area contributed by atoms with E-state index in [1.807, 2.05) is 36.4 Å². The first-order chi connectivity index (χ1) is 9.60. The van der Waals surface area contributed by atoms with Gasteiger partial charge in [-0.25, -0.2) is 9.78 Å². The Morgan fingerprint density at radius 3 is 1.95 bits per heavy atom. The summed E-state index contributed by atoms with van der Waals surface area (Å²) in [6, 6.07) is 11.8. The molecule has 0 unspecified atom stereocenters.